The Bertz CT molecular complexity index is 1450. The molecule has 37 heavy (non-hydrogen) atoms. The Hall–Kier alpha value is -3.30. The summed E-state index contributed by atoms with van der Waals surface area (Å²) < 4.78 is 0. The van der Waals surface area contributed by atoms with Gasteiger partial charge in [-0.15, -0.1) is 0 Å². The Morgan fingerprint density at radius 1 is 0.973 bits per heavy atom. The smallest absolute Gasteiger partial charge is 0.237 e. The molecule has 0 unspecified atom stereocenters. The zero-order chi connectivity index (χ0) is 25.8. The first-order chi connectivity index (χ1) is 18.0. The van der Waals surface area contributed by atoms with Crippen LogP contribution in [0, 0.1) is 11.3 Å². The van der Waals surface area contributed by atoms with E-state index in [4.69, 9.17) is 23.2 Å². The number of halogens is 2. The van der Waals surface area contributed by atoms with Crippen molar-refractivity contribution in [2.45, 2.75) is 38.4 Å². The number of hydrogen-bond donors (Lipinski definition) is 1. The van der Waals surface area contributed by atoms with E-state index in [0.29, 0.717) is 47.8 Å². The van der Waals surface area contributed by atoms with Crippen molar-refractivity contribution in [3.05, 3.63) is 105 Å². The fourth-order valence-electron chi connectivity index (χ4n) is 4.76. The molecule has 5 rings (SSSR count). The molecule has 1 aromatic heterocycles. The number of rotatable bonds is 10. The number of nitrogens with one attached hydrogen (secondary N) is 1. The molecule has 1 saturated carbocycles. The SMILES string of the molecule is N#Cc1ccccc1CN(CC(=O)N(CCc1c[nH]c2ccccc12)Cc1ccc(Cl)c(Cl)c1)C1CC1. The highest BCUT2D eigenvalue weighted by atomic mass is 35.5. The van der Waals surface area contributed by atoms with E-state index in [2.05, 4.69) is 28.1 Å². The molecule has 0 radical (unpaired) electrons. The maximum Gasteiger partial charge on any atom is 0.237 e. The first kappa shape index (κ1) is 25.4. The Balaban J connectivity index is 1.35. The molecule has 1 amide bonds. The van der Waals surface area contributed by atoms with E-state index < -0.39 is 0 Å². The van der Waals surface area contributed by atoms with Crippen LogP contribution in [0.4, 0.5) is 0 Å². The van der Waals surface area contributed by atoms with Crippen molar-refractivity contribution in [1.29, 1.82) is 5.26 Å². The molecule has 1 aliphatic carbocycles. The van der Waals surface area contributed by atoms with E-state index >= 15 is 0 Å². The average Bonchev–Trinajstić information content (AvgIpc) is 3.68. The van der Waals surface area contributed by atoms with Gasteiger partial charge in [-0.3, -0.25) is 9.69 Å². The third-order valence-electron chi connectivity index (χ3n) is 6.95. The number of aromatic nitrogens is 1. The number of carbonyl (C=O) groups is 1. The summed E-state index contributed by atoms with van der Waals surface area (Å²) in [7, 11) is 0. The second-order valence-electron chi connectivity index (χ2n) is 9.58. The zero-order valence-corrected chi connectivity index (χ0v) is 22.0. The minimum Gasteiger partial charge on any atom is -0.361 e. The van der Waals surface area contributed by atoms with Crippen molar-refractivity contribution < 1.29 is 4.79 Å². The third-order valence-corrected chi connectivity index (χ3v) is 7.69. The van der Waals surface area contributed by atoms with Crippen LogP contribution in [0.25, 0.3) is 10.9 Å². The van der Waals surface area contributed by atoms with Crippen LogP contribution in [0.2, 0.25) is 10.0 Å². The van der Waals surface area contributed by atoms with Crippen molar-refractivity contribution >= 4 is 40.0 Å². The molecule has 188 valence electrons. The quantitative estimate of drug-likeness (QED) is 0.251. The molecule has 0 spiro atoms. The Morgan fingerprint density at radius 2 is 1.76 bits per heavy atom. The molecule has 5 nitrogen and oxygen atoms in total. The van der Waals surface area contributed by atoms with Gasteiger partial charge in [0.25, 0.3) is 0 Å². The van der Waals surface area contributed by atoms with Gasteiger partial charge in [0.05, 0.1) is 28.2 Å². The van der Waals surface area contributed by atoms with Crippen LogP contribution in [-0.4, -0.2) is 39.8 Å². The second kappa shape index (κ2) is 11.4. The third kappa shape index (κ3) is 6.17. The van der Waals surface area contributed by atoms with Gasteiger partial charge in [0, 0.05) is 42.8 Å². The van der Waals surface area contributed by atoms with Crippen LogP contribution in [0.1, 0.15) is 35.1 Å². The molecule has 1 heterocycles. The molecule has 1 aliphatic rings. The normalized spacial score (nSPS) is 13.1. The van der Waals surface area contributed by atoms with Gasteiger partial charge in [-0.05, 0) is 60.2 Å². The fourth-order valence-corrected chi connectivity index (χ4v) is 5.08. The molecule has 1 fully saturated rings. The van der Waals surface area contributed by atoms with Gasteiger partial charge in [-0.2, -0.15) is 5.26 Å². The molecular weight excluding hydrogens is 503 g/mol. The Morgan fingerprint density at radius 3 is 2.54 bits per heavy atom. The number of H-pyrrole nitrogens is 1. The number of fused-ring (bicyclic) bond motifs is 1. The van der Waals surface area contributed by atoms with Gasteiger partial charge in [0.15, 0.2) is 0 Å². The molecule has 0 aliphatic heterocycles. The van der Waals surface area contributed by atoms with Crippen molar-refractivity contribution in [2.24, 2.45) is 0 Å². The summed E-state index contributed by atoms with van der Waals surface area (Å²) in [5, 5.41) is 11.7. The number of hydrogen-bond acceptors (Lipinski definition) is 3. The standard InChI is InChI=1S/C30H28Cl2N4O/c31-27-12-9-21(15-28(27)32)18-35(14-13-23-17-34-29-8-4-3-7-26(23)29)30(37)20-36(25-10-11-25)19-24-6-2-1-5-22(24)16-33/h1-9,12,15,17,25,34H,10-11,13-14,18-20H2. The lowest BCUT2D eigenvalue weighted by molar-refractivity contribution is -0.133. The summed E-state index contributed by atoms with van der Waals surface area (Å²) in [4.78, 5) is 21.2. The van der Waals surface area contributed by atoms with Gasteiger partial charge in [0.2, 0.25) is 5.91 Å². The number of amides is 1. The summed E-state index contributed by atoms with van der Waals surface area (Å²) in [6, 6.07) is 24.0. The minimum absolute atomic E-state index is 0.0623. The van der Waals surface area contributed by atoms with Crippen molar-refractivity contribution in [3.63, 3.8) is 0 Å². The van der Waals surface area contributed by atoms with E-state index in [0.717, 1.165) is 35.9 Å². The summed E-state index contributed by atoms with van der Waals surface area (Å²) >= 11 is 12.4. The first-order valence-corrected chi connectivity index (χ1v) is 13.3. The average molecular weight is 531 g/mol. The number of benzene rings is 3. The Kier molecular flexibility index (Phi) is 7.81. The van der Waals surface area contributed by atoms with Crippen molar-refractivity contribution in [2.75, 3.05) is 13.1 Å². The Labute approximate surface area is 227 Å². The lowest BCUT2D eigenvalue weighted by atomic mass is 10.1. The van der Waals surface area contributed by atoms with E-state index in [1.807, 2.05) is 59.6 Å². The van der Waals surface area contributed by atoms with Crippen LogP contribution in [0.5, 0.6) is 0 Å². The lowest BCUT2D eigenvalue weighted by Gasteiger charge is -2.28. The zero-order valence-electron chi connectivity index (χ0n) is 20.5. The number of aromatic amines is 1. The van der Waals surface area contributed by atoms with Gasteiger partial charge >= 0.3 is 0 Å². The number of para-hydroxylation sites is 1. The molecule has 3 aromatic carbocycles. The maximum atomic E-state index is 13.8. The summed E-state index contributed by atoms with van der Waals surface area (Å²) in [6.45, 7) is 1.92. The van der Waals surface area contributed by atoms with Crippen LogP contribution in [-0.2, 0) is 24.3 Å². The lowest BCUT2D eigenvalue weighted by Crippen LogP contribution is -2.41. The van der Waals surface area contributed by atoms with Crippen LogP contribution in [0.15, 0.2) is 72.9 Å². The first-order valence-electron chi connectivity index (χ1n) is 12.5. The van der Waals surface area contributed by atoms with Crippen LogP contribution < -0.4 is 0 Å². The van der Waals surface area contributed by atoms with E-state index in [1.165, 1.54) is 10.9 Å². The predicted octanol–water partition coefficient (Wildman–Crippen LogP) is 6.58. The molecule has 0 saturated heterocycles. The van der Waals surface area contributed by atoms with E-state index in [9.17, 15) is 10.1 Å². The van der Waals surface area contributed by atoms with Crippen LogP contribution in [0.3, 0.4) is 0 Å². The van der Waals surface area contributed by atoms with Gasteiger partial charge in [-0.1, -0.05) is 65.7 Å². The highest BCUT2D eigenvalue weighted by Gasteiger charge is 2.32. The molecule has 0 atom stereocenters. The highest BCUT2D eigenvalue weighted by Crippen LogP contribution is 2.29. The maximum absolute atomic E-state index is 13.8. The van der Waals surface area contributed by atoms with E-state index in [-0.39, 0.29) is 5.91 Å². The summed E-state index contributed by atoms with van der Waals surface area (Å²) in [5.74, 6) is 0.0623. The number of carbonyl (C=O) groups excluding carboxylic acids is 1. The van der Waals surface area contributed by atoms with Crippen molar-refractivity contribution in [1.82, 2.24) is 14.8 Å². The molecule has 0 bridgehead atoms. The number of nitrogens with zero attached hydrogens (tertiary/aromatic N) is 3. The van der Waals surface area contributed by atoms with Gasteiger partial charge < -0.3 is 9.88 Å². The molecule has 7 heteroatoms. The second-order valence-corrected chi connectivity index (χ2v) is 10.4. The fraction of sp³-hybridized carbons (Fsp3) is 0.267. The van der Waals surface area contributed by atoms with Gasteiger partial charge in [-0.25, -0.2) is 0 Å². The topological polar surface area (TPSA) is 63.1 Å². The highest BCUT2D eigenvalue weighted by molar-refractivity contribution is 6.42. The minimum atomic E-state index is 0.0623. The summed E-state index contributed by atoms with van der Waals surface area (Å²) in [6.07, 6.45) is 4.91. The molecule has 1 N–H and O–H groups in total. The van der Waals surface area contributed by atoms with Crippen LogP contribution >= 0.6 is 23.2 Å². The number of nitriles is 1. The predicted molar refractivity (Wildman–Crippen MR) is 148 cm³/mol. The largest absolute Gasteiger partial charge is 0.361 e. The molecular formula is C30H28Cl2N4O. The molecule has 4 aromatic rings. The summed E-state index contributed by atoms with van der Waals surface area (Å²) in [5.41, 5.74) is 4.84. The van der Waals surface area contributed by atoms with Crippen molar-refractivity contribution in [3.8, 4) is 6.07 Å². The van der Waals surface area contributed by atoms with Gasteiger partial charge in [0.1, 0.15) is 0 Å². The van der Waals surface area contributed by atoms with E-state index in [1.54, 1.807) is 6.07 Å². The monoisotopic (exact) mass is 530 g/mol.